The van der Waals surface area contributed by atoms with Gasteiger partial charge in [-0.05, 0) is 36.6 Å². The van der Waals surface area contributed by atoms with Crippen LogP contribution < -0.4 is 4.74 Å². The molecule has 0 aliphatic carbocycles. The van der Waals surface area contributed by atoms with Crippen molar-refractivity contribution < 1.29 is 4.74 Å². The van der Waals surface area contributed by atoms with E-state index in [0.717, 1.165) is 22.6 Å². The molecular weight excluding hydrogens is 250 g/mol. The SMILES string of the molecule is COc1ccc(-c2cc(C#N)nc(C)n2)cc1C(C)C. The van der Waals surface area contributed by atoms with E-state index >= 15 is 0 Å². The third-order valence-electron chi connectivity index (χ3n) is 3.10. The summed E-state index contributed by atoms with van der Waals surface area (Å²) in [6.07, 6.45) is 0. The topological polar surface area (TPSA) is 58.8 Å². The molecule has 0 bridgehead atoms. The maximum absolute atomic E-state index is 9.00. The largest absolute Gasteiger partial charge is 0.496 e. The molecule has 0 saturated carbocycles. The van der Waals surface area contributed by atoms with Crippen LogP contribution in [0.1, 0.15) is 36.8 Å². The van der Waals surface area contributed by atoms with Gasteiger partial charge in [0.1, 0.15) is 23.3 Å². The molecule has 1 aromatic carbocycles. The second-order valence-corrected chi connectivity index (χ2v) is 4.91. The summed E-state index contributed by atoms with van der Waals surface area (Å²) in [6, 6.07) is 9.72. The number of benzene rings is 1. The highest BCUT2D eigenvalue weighted by atomic mass is 16.5. The predicted molar refractivity (Wildman–Crippen MR) is 77.6 cm³/mol. The van der Waals surface area contributed by atoms with Crippen LogP contribution in [0.25, 0.3) is 11.3 Å². The van der Waals surface area contributed by atoms with Gasteiger partial charge in [0, 0.05) is 11.6 Å². The first-order chi connectivity index (χ1) is 9.55. The highest BCUT2D eigenvalue weighted by Gasteiger charge is 2.11. The molecule has 0 atom stereocenters. The molecule has 0 aliphatic rings. The van der Waals surface area contributed by atoms with Gasteiger partial charge in [0.05, 0.1) is 12.8 Å². The average Bonchev–Trinajstić information content (AvgIpc) is 2.45. The number of aryl methyl sites for hydroxylation is 1. The van der Waals surface area contributed by atoms with Crippen molar-refractivity contribution in [1.29, 1.82) is 5.26 Å². The molecule has 1 heterocycles. The second kappa shape index (κ2) is 5.70. The Kier molecular flexibility index (Phi) is 3.99. The third-order valence-corrected chi connectivity index (χ3v) is 3.10. The van der Waals surface area contributed by atoms with Crippen LogP contribution in [0, 0.1) is 18.3 Å². The van der Waals surface area contributed by atoms with Crippen molar-refractivity contribution in [3.8, 4) is 23.1 Å². The average molecular weight is 267 g/mol. The van der Waals surface area contributed by atoms with Crippen molar-refractivity contribution in [1.82, 2.24) is 9.97 Å². The lowest BCUT2D eigenvalue weighted by molar-refractivity contribution is 0.407. The third kappa shape index (κ3) is 2.77. The minimum absolute atomic E-state index is 0.350. The van der Waals surface area contributed by atoms with E-state index in [2.05, 4.69) is 36.0 Å². The van der Waals surface area contributed by atoms with E-state index in [1.54, 1.807) is 20.1 Å². The summed E-state index contributed by atoms with van der Waals surface area (Å²) >= 11 is 0. The summed E-state index contributed by atoms with van der Waals surface area (Å²) < 4.78 is 5.38. The molecule has 0 fully saturated rings. The van der Waals surface area contributed by atoms with E-state index in [0.29, 0.717) is 17.4 Å². The van der Waals surface area contributed by atoms with Crippen LogP contribution in [-0.4, -0.2) is 17.1 Å². The van der Waals surface area contributed by atoms with Crippen LogP contribution in [0.2, 0.25) is 0 Å². The molecule has 2 aromatic rings. The lowest BCUT2D eigenvalue weighted by Crippen LogP contribution is -1.98. The summed E-state index contributed by atoms with van der Waals surface area (Å²) in [5.41, 5.74) is 3.24. The summed E-state index contributed by atoms with van der Waals surface area (Å²) in [7, 11) is 1.67. The Balaban J connectivity index is 2.56. The molecule has 0 spiro atoms. The molecule has 4 nitrogen and oxygen atoms in total. The maximum Gasteiger partial charge on any atom is 0.144 e. The minimum atomic E-state index is 0.350. The smallest absolute Gasteiger partial charge is 0.144 e. The Bertz CT molecular complexity index is 672. The van der Waals surface area contributed by atoms with Crippen molar-refractivity contribution >= 4 is 0 Å². The molecule has 0 N–H and O–H groups in total. The molecule has 102 valence electrons. The Hall–Kier alpha value is -2.41. The zero-order valence-corrected chi connectivity index (χ0v) is 12.1. The number of aromatic nitrogens is 2. The summed E-state index contributed by atoms with van der Waals surface area (Å²) in [4.78, 5) is 8.48. The molecule has 0 radical (unpaired) electrons. The number of ether oxygens (including phenoxy) is 1. The number of rotatable bonds is 3. The summed E-state index contributed by atoms with van der Waals surface area (Å²) in [6.45, 7) is 6.03. The standard InChI is InChI=1S/C16H17N3O/c1-10(2)14-7-12(5-6-16(14)20-4)15-8-13(9-17)18-11(3)19-15/h5-8,10H,1-4H3. The van der Waals surface area contributed by atoms with Crippen LogP contribution >= 0.6 is 0 Å². The summed E-state index contributed by atoms with van der Waals surface area (Å²) in [5, 5.41) is 9.00. The fourth-order valence-corrected chi connectivity index (χ4v) is 2.12. The highest BCUT2D eigenvalue weighted by Crippen LogP contribution is 2.30. The van der Waals surface area contributed by atoms with E-state index in [-0.39, 0.29) is 0 Å². The molecule has 20 heavy (non-hydrogen) atoms. The van der Waals surface area contributed by atoms with Gasteiger partial charge in [0.2, 0.25) is 0 Å². The number of nitriles is 1. The quantitative estimate of drug-likeness (QED) is 0.854. The summed E-state index contributed by atoms with van der Waals surface area (Å²) in [5.74, 6) is 1.82. The van der Waals surface area contributed by atoms with E-state index in [4.69, 9.17) is 10.00 Å². The zero-order valence-electron chi connectivity index (χ0n) is 12.1. The molecule has 1 aromatic heterocycles. The van der Waals surface area contributed by atoms with Crippen LogP contribution in [-0.2, 0) is 0 Å². The molecule has 0 amide bonds. The van der Waals surface area contributed by atoms with Crippen molar-refractivity contribution in [3.05, 3.63) is 41.3 Å². The molecule has 0 aliphatic heterocycles. The fourth-order valence-electron chi connectivity index (χ4n) is 2.12. The van der Waals surface area contributed by atoms with Crippen molar-refractivity contribution in [3.63, 3.8) is 0 Å². The number of methoxy groups -OCH3 is 1. The van der Waals surface area contributed by atoms with E-state index in [1.807, 2.05) is 12.1 Å². The Morgan fingerprint density at radius 1 is 1.20 bits per heavy atom. The van der Waals surface area contributed by atoms with Crippen LogP contribution in [0.4, 0.5) is 0 Å². The van der Waals surface area contributed by atoms with Crippen LogP contribution in [0.15, 0.2) is 24.3 Å². The highest BCUT2D eigenvalue weighted by molar-refractivity contribution is 5.63. The van der Waals surface area contributed by atoms with Crippen molar-refractivity contribution in [2.75, 3.05) is 7.11 Å². The van der Waals surface area contributed by atoms with E-state index in [9.17, 15) is 0 Å². The fraction of sp³-hybridized carbons (Fsp3) is 0.312. The van der Waals surface area contributed by atoms with Gasteiger partial charge >= 0.3 is 0 Å². The number of hydrogen-bond acceptors (Lipinski definition) is 4. The van der Waals surface area contributed by atoms with E-state index < -0.39 is 0 Å². The van der Waals surface area contributed by atoms with Gasteiger partial charge in [-0.1, -0.05) is 13.8 Å². The lowest BCUT2D eigenvalue weighted by atomic mass is 9.98. The Morgan fingerprint density at radius 2 is 1.95 bits per heavy atom. The van der Waals surface area contributed by atoms with Crippen molar-refractivity contribution in [2.45, 2.75) is 26.7 Å². The van der Waals surface area contributed by atoms with Gasteiger partial charge in [0.15, 0.2) is 0 Å². The first-order valence-corrected chi connectivity index (χ1v) is 6.49. The van der Waals surface area contributed by atoms with Crippen molar-refractivity contribution in [2.24, 2.45) is 0 Å². The molecule has 0 saturated heterocycles. The Labute approximate surface area is 119 Å². The zero-order chi connectivity index (χ0) is 14.7. The molecule has 2 rings (SSSR count). The molecule has 4 heteroatoms. The van der Waals surface area contributed by atoms with Gasteiger partial charge in [-0.2, -0.15) is 5.26 Å². The molecular formula is C16H17N3O. The monoisotopic (exact) mass is 267 g/mol. The number of nitrogens with zero attached hydrogens (tertiary/aromatic N) is 3. The maximum atomic E-state index is 9.00. The number of hydrogen-bond donors (Lipinski definition) is 0. The first-order valence-electron chi connectivity index (χ1n) is 6.49. The lowest BCUT2D eigenvalue weighted by Gasteiger charge is -2.13. The molecule has 0 unspecified atom stereocenters. The van der Waals surface area contributed by atoms with Crippen LogP contribution in [0.5, 0.6) is 5.75 Å². The van der Waals surface area contributed by atoms with Gasteiger partial charge in [-0.3, -0.25) is 0 Å². The predicted octanol–water partition coefficient (Wildman–Crippen LogP) is 3.46. The second-order valence-electron chi connectivity index (χ2n) is 4.91. The van der Waals surface area contributed by atoms with Gasteiger partial charge in [0.25, 0.3) is 0 Å². The first kappa shape index (κ1) is 14.0. The normalized spacial score (nSPS) is 10.4. The minimum Gasteiger partial charge on any atom is -0.496 e. The van der Waals surface area contributed by atoms with Gasteiger partial charge in [-0.25, -0.2) is 9.97 Å². The van der Waals surface area contributed by atoms with Gasteiger partial charge in [-0.15, -0.1) is 0 Å². The van der Waals surface area contributed by atoms with Crippen LogP contribution in [0.3, 0.4) is 0 Å². The van der Waals surface area contributed by atoms with Gasteiger partial charge < -0.3 is 4.74 Å². The van der Waals surface area contributed by atoms with E-state index in [1.165, 1.54) is 0 Å². The Morgan fingerprint density at radius 3 is 2.55 bits per heavy atom.